The highest BCUT2D eigenvalue weighted by atomic mass is 32.2. The minimum atomic E-state index is -3.99. The Balaban J connectivity index is 2.26. The number of benzene rings is 1. The molecule has 0 aliphatic rings. The van der Waals surface area contributed by atoms with Crippen LogP contribution in [0.2, 0.25) is 0 Å². The van der Waals surface area contributed by atoms with Crippen molar-refractivity contribution in [3.05, 3.63) is 29.8 Å². The Labute approximate surface area is 147 Å². The van der Waals surface area contributed by atoms with E-state index in [9.17, 15) is 22.0 Å². The van der Waals surface area contributed by atoms with Gasteiger partial charge in [-0.15, -0.1) is 0 Å². The van der Waals surface area contributed by atoms with Gasteiger partial charge in [0.1, 0.15) is 0 Å². The molecule has 0 radical (unpaired) electrons. The zero-order chi connectivity index (χ0) is 18.9. The second kappa shape index (κ2) is 10.4. The van der Waals surface area contributed by atoms with Crippen molar-refractivity contribution < 1.29 is 26.7 Å². The highest BCUT2D eigenvalue weighted by molar-refractivity contribution is 7.89. The predicted octanol–water partition coefficient (Wildman–Crippen LogP) is 1.81. The number of sulfonamides is 1. The third-order valence-electron chi connectivity index (χ3n) is 3.08. The molecule has 1 amide bonds. The first-order valence-electron chi connectivity index (χ1n) is 8.01. The number of ether oxygens (including phenoxy) is 1. The molecular formula is C16H24F2N2O4S. The molecule has 0 aliphatic heterocycles. The summed E-state index contributed by atoms with van der Waals surface area (Å²) in [6.45, 7) is 5.59. The summed E-state index contributed by atoms with van der Waals surface area (Å²) in [5.41, 5.74) is 0. The summed E-state index contributed by atoms with van der Waals surface area (Å²) >= 11 is 0. The quantitative estimate of drug-likeness (QED) is 0.575. The first kappa shape index (κ1) is 21.5. The second-order valence-corrected chi connectivity index (χ2v) is 7.66. The molecular weight excluding hydrogens is 354 g/mol. The monoisotopic (exact) mass is 378 g/mol. The highest BCUT2D eigenvalue weighted by Crippen LogP contribution is 2.13. The number of rotatable bonds is 11. The maximum atomic E-state index is 13.1. The van der Waals surface area contributed by atoms with Crippen LogP contribution in [0, 0.1) is 17.6 Å². The Hall–Kier alpha value is -1.58. The lowest BCUT2D eigenvalue weighted by Crippen LogP contribution is -2.31. The van der Waals surface area contributed by atoms with Crippen LogP contribution in [0.5, 0.6) is 0 Å². The molecule has 2 N–H and O–H groups in total. The molecule has 0 heterocycles. The van der Waals surface area contributed by atoms with E-state index in [-0.39, 0.29) is 18.9 Å². The van der Waals surface area contributed by atoms with Gasteiger partial charge >= 0.3 is 0 Å². The largest absolute Gasteiger partial charge is 0.381 e. The van der Waals surface area contributed by atoms with Crippen LogP contribution in [0.4, 0.5) is 8.78 Å². The molecule has 1 aromatic rings. The lowest BCUT2D eigenvalue weighted by atomic mass is 10.2. The molecule has 0 fully saturated rings. The summed E-state index contributed by atoms with van der Waals surface area (Å²) in [5, 5.41) is 2.65. The van der Waals surface area contributed by atoms with E-state index >= 15 is 0 Å². The van der Waals surface area contributed by atoms with Crippen molar-refractivity contribution in [1.29, 1.82) is 0 Å². The van der Waals surface area contributed by atoms with Crippen LogP contribution < -0.4 is 10.0 Å². The molecule has 0 unspecified atom stereocenters. The van der Waals surface area contributed by atoms with Crippen molar-refractivity contribution in [2.75, 3.05) is 26.3 Å². The summed E-state index contributed by atoms with van der Waals surface area (Å²) in [4.78, 5) is 11.2. The molecule has 142 valence electrons. The standard InChI is InChI=1S/C16H24F2N2O4S/c1-12(2)11-24-9-3-7-19-16(21)6-8-20-25(22,23)13-4-5-14(17)15(18)10-13/h4-5,10,12,20H,3,6-9,11H2,1-2H3,(H,19,21). The molecule has 0 atom stereocenters. The Kier molecular flexibility index (Phi) is 8.95. The summed E-state index contributed by atoms with van der Waals surface area (Å²) in [5.74, 6) is -2.23. The number of nitrogens with one attached hydrogen (secondary N) is 2. The van der Waals surface area contributed by atoms with Crippen LogP contribution in [0.3, 0.4) is 0 Å². The Morgan fingerprint density at radius 3 is 2.56 bits per heavy atom. The van der Waals surface area contributed by atoms with Crippen LogP contribution >= 0.6 is 0 Å². The summed E-state index contributed by atoms with van der Waals surface area (Å²) in [7, 11) is -3.99. The summed E-state index contributed by atoms with van der Waals surface area (Å²) in [6, 6.07) is 2.28. The second-order valence-electron chi connectivity index (χ2n) is 5.90. The maximum absolute atomic E-state index is 13.1. The molecule has 0 saturated carbocycles. The Morgan fingerprint density at radius 2 is 1.92 bits per heavy atom. The number of carbonyl (C=O) groups is 1. The normalized spacial score (nSPS) is 11.7. The van der Waals surface area contributed by atoms with E-state index < -0.39 is 26.6 Å². The number of hydrogen-bond acceptors (Lipinski definition) is 4. The molecule has 0 bridgehead atoms. The smallest absolute Gasteiger partial charge is 0.240 e. The van der Waals surface area contributed by atoms with E-state index in [1.165, 1.54) is 0 Å². The van der Waals surface area contributed by atoms with Crippen LogP contribution in [-0.2, 0) is 19.6 Å². The van der Waals surface area contributed by atoms with E-state index in [1.54, 1.807) is 0 Å². The molecule has 1 aromatic carbocycles. The lowest BCUT2D eigenvalue weighted by molar-refractivity contribution is -0.120. The minimum absolute atomic E-state index is 0.0598. The van der Waals surface area contributed by atoms with E-state index in [2.05, 4.69) is 10.0 Å². The average molecular weight is 378 g/mol. The van der Waals surface area contributed by atoms with Gasteiger partial charge in [-0.3, -0.25) is 4.79 Å². The zero-order valence-electron chi connectivity index (χ0n) is 14.3. The number of amides is 1. The van der Waals surface area contributed by atoms with Gasteiger partial charge in [0, 0.05) is 32.7 Å². The fourth-order valence-electron chi connectivity index (χ4n) is 1.84. The van der Waals surface area contributed by atoms with Gasteiger partial charge in [0.2, 0.25) is 15.9 Å². The Bertz CT molecular complexity index is 666. The molecule has 25 heavy (non-hydrogen) atoms. The van der Waals surface area contributed by atoms with Gasteiger partial charge in [-0.1, -0.05) is 13.8 Å². The fourth-order valence-corrected chi connectivity index (χ4v) is 2.88. The van der Waals surface area contributed by atoms with Crippen molar-refractivity contribution in [1.82, 2.24) is 10.0 Å². The average Bonchev–Trinajstić information content (AvgIpc) is 2.52. The van der Waals surface area contributed by atoms with Crippen molar-refractivity contribution >= 4 is 15.9 Å². The van der Waals surface area contributed by atoms with Gasteiger partial charge in [-0.2, -0.15) is 0 Å². The highest BCUT2D eigenvalue weighted by Gasteiger charge is 2.16. The molecule has 0 saturated heterocycles. The number of halogens is 2. The van der Waals surface area contributed by atoms with Gasteiger partial charge < -0.3 is 10.1 Å². The fraction of sp³-hybridized carbons (Fsp3) is 0.562. The van der Waals surface area contributed by atoms with Gasteiger partial charge in [0.15, 0.2) is 11.6 Å². The number of carbonyl (C=O) groups excluding carboxylic acids is 1. The third-order valence-corrected chi connectivity index (χ3v) is 4.54. The van der Waals surface area contributed by atoms with Gasteiger partial charge in [-0.25, -0.2) is 21.9 Å². The molecule has 0 spiro atoms. The lowest BCUT2D eigenvalue weighted by Gasteiger charge is -2.09. The molecule has 9 heteroatoms. The van der Waals surface area contributed by atoms with Crippen molar-refractivity contribution in [3.63, 3.8) is 0 Å². The topological polar surface area (TPSA) is 84.5 Å². The molecule has 0 aromatic heterocycles. The number of hydrogen-bond donors (Lipinski definition) is 2. The zero-order valence-corrected chi connectivity index (χ0v) is 15.2. The van der Waals surface area contributed by atoms with Crippen LogP contribution in [0.25, 0.3) is 0 Å². The summed E-state index contributed by atoms with van der Waals surface area (Å²) in [6.07, 6.45) is 0.606. The van der Waals surface area contributed by atoms with Crippen molar-refractivity contribution in [2.45, 2.75) is 31.6 Å². The van der Waals surface area contributed by atoms with Gasteiger partial charge in [0.05, 0.1) is 4.90 Å². The van der Waals surface area contributed by atoms with Crippen LogP contribution in [0.1, 0.15) is 26.7 Å². The van der Waals surface area contributed by atoms with E-state index in [0.717, 1.165) is 12.1 Å². The minimum Gasteiger partial charge on any atom is -0.381 e. The summed E-state index contributed by atoms with van der Waals surface area (Å²) < 4.78 is 57.3. The molecule has 0 aliphatic carbocycles. The molecule has 1 rings (SSSR count). The van der Waals surface area contributed by atoms with E-state index in [0.29, 0.717) is 38.2 Å². The van der Waals surface area contributed by atoms with Crippen molar-refractivity contribution in [3.8, 4) is 0 Å². The van der Waals surface area contributed by atoms with Gasteiger partial charge in [0.25, 0.3) is 0 Å². The SMILES string of the molecule is CC(C)COCCCNC(=O)CCNS(=O)(=O)c1ccc(F)c(F)c1. The maximum Gasteiger partial charge on any atom is 0.240 e. The van der Waals surface area contributed by atoms with Crippen molar-refractivity contribution in [2.24, 2.45) is 5.92 Å². The van der Waals surface area contributed by atoms with E-state index in [1.807, 2.05) is 13.8 Å². The first-order valence-corrected chi connectivity index (χ1v) is 9.50. The predicted molar refractivity (Wildman–Crippen MR) is 89.4 cm³/mol. The van der Waals surface area contributed by atoms with Crippen LogP contribution in [0.15, 0.2) is 23.1 Å². The van der Waals surface area contributed by atoms with Gasteiger partial charge in [-0.05, 0) is 30.5 Å². The van der Waals surface area contributed by atoms with E-state index in [4.69, 9.17) is 4.74 Å². The third kappa shape index (κ3) is 8.37. The Morgan fingerprint density at radius 1 is 1.20 bits per heavy atom. The first-order chi connectivity index (χ1) is 11.7. The molecule has 6 nitrogen and oxygen atoms in total. The van der Waals surface area contributed by atoms with Crippen LogP contribution in [-0.4, -0.2) is 40.6 Å².